The lowest BCUT2D eigenvalue weighted by Crippen LogP contribution is -2.28. The first-order chi connectivity index (χ1) is 10.0. The molecule has 2 N–H and O–H groups in total. The van der Waals surface area contributed by atoms with E-state index in [1.165, 1.54) is 6.39 Å². The van der Waals surface area contributed by atoms with Crippen molar-refractivity contribution in [2.75, 3.05) is 6.54 Å². The Morgan fingerprint density at radius 3 is 2.48 bits per heavy atom. The number of nitrogens with one attached hydrogen (secondary N) is 1. The maximum atomic E-state index is 12.2. The van der Waals surface area contributed by atoms with Crippen molar-refractivity contribution in [3.63, 3.8) is 0 Å². The Hall–Kier alpha value is -2.70. The van der Waals surface area contributed by atoms with Crippen LogP contribution >= 0.6 is 0 Å². The third kappa shape index (κ3) is 3.25. The molecule has 0 fully saturated rings. The molecule has 0 unspecified atom stereocenters. The highest BCUT2D eigenvalue weighted by Crippen LogP contribution is 2.18. The minimum Gasteiger partial charge on any atom is -0.478 e. The number of carboxylic acid groups (broad SMARTS) is 1. The summed E-state index contributed by atoms with van der Waals surface area (Å²) in [5.74, 6) is -1.05. The minimum atomic E-state index is -1.11. The zero-order valence-corrected chi connectivity index (χ0v) is 11.7. The Kier molecular flexibility index (Phi) is 4.32. The molecule has 0 aliphatic heterocycles. The molecule has 2 aromatic rings. The molecule has 21 heavy (non-hydrogen) atoms. The number of aromatic nitrogens is 2. The molecular formula is C14H15N3O4. The highest BCUT2D eigenvalue weighted by atomic mass is 16.5. The molecule has 0 saturated carbocycles. The molecule has 0 spiro atoms. The monoisotopic (exact) mass is 289 g/mol. The van der Waals surface area contributed by atoms with Gasteiger partial charge in [0.2, 0.25) is 6.39 Å². The molecule has 1 amide bonds. The van der Waals surface area contributed by atoms with E-state index < -0.39 is 11.9 Å². The summed E-state index contributed by atoms with van der Waals surface area (Å²) in [7, 11) is 0. The van der Waals surface area contributed by atoms with Crippen molar-refractivity contribution in [2.45, 2.75) is 20.3 Å². The topological polar surface area (TPSA) is 105 Å². The van der Waals surface area contributed by atoms with E-state index in [4.69, 9.17) is 0 Å². The van der Waals surface area contributed by atoms with Crippen molar-refractivity contribution >= 4 is 11.9 Å². The number of hydrogen-bond donors (Lipinski definition) is 2. The number of carbonyl (C=O) groups excluding carboxylic acids is 1. The van der Waals surface area contributed by atoms with Gasteiger partial charge in [-0.25, -0.2) is 4.79 Å². The second-order valence-corrected chi connectivity index (χ2v) is 4.61. The fraction of sp³-hybridized carbons (Fsp3) is 0.286. The van der Waals surface area contributed by atoms with Gasteiger partial charge in [-0.15, -0.1) is 0 Å². The molecule has 0 aliphatic rings. The maximum absolute atomic E-state index is 12.2. The Labute approximate surface area is 121 Å². The molecule has 0 saturated heterocycles. The van der Waals surface area contributed by atoms with Crippen molar-refractivity contribution < 1.29 is 19.2 Å². The maximum Gasteiger partial charge on any atom is 0.336 e. The molecular weight excluding hydrogens is 274 g/mol. The largest absolute Gasteiger partial charge is 0.478 e. The van der Waals surface area contributed by atoms with Gasteiger partial charge in [0.1, 0.15) is 0 Å². The van der Waals surface area contributed by atoms with E-state index in [1.54, 1.807) is 26.0 Å². The lowest BCUT2D eigenvalue weighted by atomic mass is 9.96. The number of carboxylic acids is 1. The average molecular weight is 289 g/mol. The van der Waals surface area contributed by atoms with Gasteiger partial charge in [0.15, 0.2) is 5.82 Å². The first-order valence-electron chi connectivity index (χ1n) is 6.37. The Morgan fingerprint density at radius 2 is 1.90 bits per heavy atom. The standard InChI is InChI=1S/C14H15N3O4/c1-8-3-4-9(2)12(14(19)20)11(8)13(18)15-6-5-10-16-7-21-17-10/h3-4,7H,5-6H2,1-2H3,(H,15,18)(H,19,20). The number of aryl methyl sites for hydroxylation is 2. The minimum absolute atomic E-state index is 0.0343. The lowest BCUT2D eigenvalue weighted by molar-refractivity contribution is 0.0690. The van der Waals surface area contributed by atoms with Gasteiger partial charge in [0.25, 0.3) is 5.91 Å². The Bertz CT molecular complexity index is 665. The molecule has 2 rings (SSSR count). The van der Waals surface area contributed by atoms with E-state index in [0.29, 0.717) is 29.9 Å². The number of rotatable bonds is 5. The van der Waals surface area contributed by atoms with Crippen molar-refractivity contribution in [3.05, 3.63) is 46.6 Å². The van der Waals surface area contributed by atoms with Crippen LogP contribution in [0.15, 0.2) is 23.0 Å². The van der Waals surface area contributed by atoms with Crippen LogP contribution in [0.2, 0.25) is 0 Å². The predicted octanol–water partition coefficient (Wildman–Crippen LogP) is 1.36. The number of aromatic carboxylic acids is 1. The van der Waals surface area contributed by atoms with Crippen LogP contribution < -0.4 is 5.32 Å². The molecule has 0 bridgehead atoms. The van der Waals surface area contributed by atoms with Crippen molar-refractivity contribution in [3.8, 4) is 0 Å². The van der Waals surface area contributed by atoms with Gasteiger partial charge < -0.3 is 14.9 Å². The molecule has 0 radical (unpaired) electrons. The summed E-state index contributed by atoms with van der Waals surface area (Å²) in [5, 5.41) is 15.6. The van der Waals surface area contributed by atoms with Gasteiger partial charge in [0.05, 0.1) is 11.1 Å². The summed E-state index contributed by atoms with van der Waals surface area (Å²) in [6.45, 7) is 3.67. The Balaban J connectivity index is 2.15. The quantitative estimate of drug-likeness (QED) is 0.861. The van der Waals surface area contributed by atoms with Gasteiger partial charge in [0, 0.05) is 13.0 Å². The van der Waals surface area contributed by atoms with Crippen molar-refractivity contribution in [1.82, 2.24) is 15.5 Å². The second kappa shape index (κ2) is 6.17. The average Bonchev–Trinajstić information content (AvgIpc) is 2.93. The van der Waals surface area contributed by atoms with Crippen LogP contribution in [0.3, 0.4) is 0 Å². The number of nitrogens with zero attached hydrogens (tertiary/aromatic N) is 2. The Morgan fingerprint density at radius 1 is 1.24 bits per heavy atom. The summed E-state index contributed by atoms with van der Waals surface area (Å²) in [6, 6.07) is 3.42. The summed E-state index contributed by atoms with van der Waals surface area (Å²) in [6.07, 6.45) is 1.62. The second-order valence-electron chi connectivity index (χ2n) is 4.61. The summed E-state index contributed by atoms with van der Waals surface area (Å²) in [5.41, 5.74) is 1.40. The normalized spacial score (nSPS) is 10.4. The fourth-order valence-electron chi connectivity index (χ4n) is 2.06. The number of carbonyl (C=O) groups is 2. The van der Waals surface area contributed by atoms with Gasteiger partial charge in [-0.2, -0.15) is 4.98 Å². The first kappa shape index (κ1) is 14.7. The van der Waals surface area contributed by atoms with Crippen LogP contribution in [0, 0.1) is 13.8 Å². The van der Waals surface area contributed by atoms with Crippen LogP contribution in [0.25, 0.3) is 0 Å². The van der Waals surface area contributed by atoms with Crippen LogP contribution in [0.5, 0.6) is 0 Å². The van der Waals surface area contributed by atoms with E-state index in [1.807, 2.05) is 0 Å². The fourth-order valence-corrected chi connectivity index (χ4v) is 2.06. The van der Waals surface area contributed by atoms with E-state index in [0.717, 1.165) is 0 Å². The summed E-state index contributed by atoms with van der Waals surface area (Å²) >= 11 is 0. The van der Waals surface area contributed by atoms with Crippen molar-refractivity contribution in [2.24, 2.45) is 0 Å². The number of hydrogen-bond acceptors (Lipinski definition) is 5. The van der Waals surface area contributed by atoms with Crippen molar-refractivity contribution in [1.29, 1.82) is 0 Å². The molecule has 0 atom stereocenters. The molecule has 7 nitrogen and oxygen atoms in total. The molecule has 1 aromatic heterocycles. The molecule has 110 valence electrons. The van der Waals surface area contributed by atoms with Crippen LogP contribution in [-0.4, -0.2) is 33.7 Å². The smallest absolute Gasteiger partial charge is 0.336 e. The summed E-state index contributed by atoms with van der Waals surface area (Å²) in [4.78, 5) is 27.4. The zero-order valence-electron chi connectivity index (χ0n) is 11.7. The molecule has 1 heterocycles. The summed E-state index contributed by atoms with van der Waals surface area (Å²) < 4.78 is 4.59. The van der Waals surface area contributed by atoms with Gasteiger partial charge >= 0.3 is 5.97 Å². The van der Waals surface area contributed by atoms with E-state index in [2.05, 4.69) is 20.0 Å². The highest BCUT2D eigenvalue weighted by Gasteiger charge is 2.21. The third-order valence-corrected chi connectivity index (χ3v) is 3.10. The van der Waals surface area contributed by atoms with E-state index in [-0.39, 0.29) is 11.1 Å². The molecule has 7 heteroatoms. The number of amides is 1. The zero-order chi connectivity index (χ0) is 15.4. The van der Waals surface area contributed by atoms with Gasteiger partial charge in [-0.05, 0) is 25.0 Å². The number of benzene rings is 1. The third-order valence-electron chi connectivity index (χ3n) is 3.10. The SMILES string of the molecule is Cc1ccc(C)c(C(=O)NCCc2ncon2)c1C(=O)O. The van der Waals surface area contributed by atoms with Gasteiger partial charge in [-0.3, -0.25) is 4.79 Å². The molecule has 1 aromatic carbocycles. The van der Waals surface area contributed by atoms with E-state index in [9.17, 15) is 14.7 Å². The van der Waals surface area contributed by atoms with Gasteiger partial charge in [-0.1, -0.05) is 17.3 Å². The predicted molar refractivity (Wildman–Crippen MR) is 73.2 cm³/mol. The van der Waals surface area contributed by atoms with Crippen LogP contribution in [-0.2, 0) is 6.42 Å². The molecule has 0 aliphatic carbocycles. The van der Waals surface area contributed by atoms with E-state index >= 15 is 0 Å². The first-order valence-corrected chi connectivity index (χ1v) is 6.37. The highest BCUT2D eigenvalue weighted by molar-refractivity contribution is 6.06. The van der Waals surface area contributed by atoms with Crippen LogP contribution in [0.4, 0.5) is 0 Å². The van der Waals surface area contributed by atoms with Crippen LogP contribution in [0.1, 0.15) is 37.7 Å². The lowest BCUT2D eigenvalue weighted by Gasteiger charge is -2.12.